The van der Waals surface area contributed by atoms with Crippen LogP contribution in [0.5, 0.6) is 0 Å². The van der Waals surface area contributed by atoms with E-state index in [1.54, 1.807) is 5.57 Å². The molecule has 96 valence electrons. The van der Waals surface area contributed by atoms with Crippen LogP contribution in [0.25, 0.3) is 0 Å². The Bertz CT molecular complexity index is 186. The standard InChI is InChI=1S/C16H32/c1-6-9-11-15(8-3)12-10-14-16(4,5)13-7-2/h12H,6-11,13-14H2,1-5H3. The molecule has 0 amide bonds. The molecule has 0 aliphatic carbocycles. The summed E-state index contributed by atoms with van der Waals surface area (Å²) in [6.07, 6.45) is 13.0. The van der Waals surface area contributed by atoms with Gasteiger partial charge in [0.2, 0.25) is 0 Å². The van der Waals surface area contributed by atoms with Gasteiger partial charge in [-0.05, 0) is 43.9 Å². The summed E-state index contributed by atoms with van der Waals surface area (Å²) in [5, 5.41) is 0. The quantitative estimate of drug-likeness (QED) is 0.414. The van der Waals surface area contributed by atoms with Gasteiger partial charge in [-0.3, -0.25) is 0 Å². The fraction of sp³-hybridized carbons (Fsp3) is 0.875. The zero-order valence-corrected chi connectivity index (χ0v) is 12.2. The molecule has 0 rings (SSSR count). The first-order valence-electron chi connectivity index (χ1n) is 7.23. The fourth-order valence-corrected chi connectivity index (χ4v) is 2.30. The molecule has 0 aliphatic heterocycles. The molecule has 0 heterocycles. The van der Waals surface area contributed by atoms with Gasteiger partial charge in [0, 0.05) is 0 Å². The zero-order valence-electron chi connectivity index (χ0n) is 12.2. The number of allylic oxidation sites excluding steroid dienone is 2. The summed E-state index contributed by atoms with van der Waals surface area (Å²) < 4.78 is 0. The summed E-state index contributed by atoms with van der Waals surface area (Å²) in [5.41, 5.74) is 2.21. The highest BCUT2D eigenvalue weighted by atomic mass is 14.2. The lowest BCUT2D eigenvalue weighted by molar-refractivity contribution is 0.306. The molecule has 0 bridgehead atoms. The maximum atomic E-state index is 2.51. The van der Waals surface area contributed by atoms with Crippen molar-refractivity contribution < 1.29 is 0 Å². The third kappa shape index (κ3) is 7.96. The third-order valence-electron chi connectivity index (χ3n) is 3.49. The predicted octanol–water partition coefficient (Wildman–Crippen LogP) is 6.12. The minimum Gasteiger partial charge on any atom is -0.0853 e. The van der Waals surface area contributed by atoms with Gasteiger partial charge < -0.3 is 0 Å². The second-order valence-electron chi connectivity index (χ2n) is 5.77. The highest BCUT2D eigenvalue weighted by Gasteiger charge is 2.14. The molecule has 0 aromatic rings. The van der Waals surface area contributed by atoms with Gasteiger partial charge in [-0.2, -0.15) is 0 Å². The zero-order chi connectivity index (χ0) is 12.4. The van der Waals surface area contributed by atoms with Crippen molar-refractivity contribution in [1.82, 2.24) is 0 Å². The van der Waals surface area contributed by atoms with E-state index in [0.717, 1.165) is 0 Å². The van der Waals surface area contributed by atoms with Crippen molar-refractivity contribution in [3.8, 4) is 0 Å². The first kappa shape index (κ1) is 15.7. The maximum Gasteiger partial charge on any atom is -0.0321 e. The summed E-state index contributed by atoms with van der Waals surface area (Å²) in [6, 6.07) is 0. The van der Waals surface area contributed by atoms with E-state index in [9.17, 15) is 0 Å². The molecule has 16 heavy (non-hydrogen) atoms. The Hall–Kier alpha value is -0.260. The average molecular weight is 224 g/mol. The lowest BCUT2D eigenvalue weighted by atomic mass is 9.83. The molecule has 0 saturated heterocycles. The van der Waals surface area contributed by atoms with Crippen LogP contribution in [0, 0.1) is 5.41 Å². The van der Waals surface area contributed by atoms with Crippen LogP contribution in [0.15, 0.2) is 11.6 Å². The Morgan fingerprint density at radius 1 is 1.00 bits per heavy atom. The lowest BCUT2D eigenvalue weighted by Gasteiger charge is -2.23. The van der Waals surface area contributed by atoms with E-state index >= 15 is 0 Å². The van der Waals surface area contributed by atoms with E-state index in [1.807, 2.05) is 0 Å². The molecule has 0 N–H and O–H groups in total. The van der Waals surface area contributed by atoms with Crippen LogP contribution in [0.4, 0.5) is 0 Å². The van der Waals surface area contributed by atoms with Crippen LogP contribution in [0.1, 0.15) is 86.0 Å². The van der Waals surface area contributed by atoms with Crippen molar-refractivity contribution in [2.45, 2.75) is 86.0 Å². The van der Waals surface area contributed by atoms with Gasteiger partial charge >= 0.3 is 0 Å². The van der Waals surface area contributed by atoms with Gasteiger partial charge in [-0.25, -0.2) is 0 Å². The van der Waals surface area contributed by atoms with Gasteiger partial charge in [0.25, 0.3) is 0 Å². The summed E-state index contributed by atoms with van der Waals surface area (Å²) in [4.78, 5) is 0. The second-order valence-corrected chi connectivity index (χ2v) is 5.77. The first-order valence-corrected chi connectivity index (χ1v) is 7.23. The van der Waals surface area contributed by atoms with Crippen molar-refractivity contribution >= 4 is 0 Å². The minimum absolute atomic E-state index is 0.537. The molecule has 0 radical (unpaired) electrons. The molecule has 0 atom stereocenters. The van der Waals surface area contributed by atoms with Gasteiger partial charge in [-0.1, -0.05) is 59.1 Å². The molecule has 0 saturated carbocycles. The first-order chi connectivity index (χ1) is 7.55. The van der Waals surface area contributed by atoms with Crippen LogP contribution in [0.2, 0.25) is 0 Å². The predicted molar refractivity (Wildman–Crippen MR) is 75.8 cm³/mol. The molecule has 0 aromatic heterocycles. The maximum absolute atomic E-state index is 2.51. The van der Waals surface area contributed by atoms with Crippen molar-refractivity contribution in [3.63, 3.8) is 0 Å². The van der Waals surface area contributed by atoms with E-state index in [-0.39, 0.29) is 0 Å². The number of unbranched alkanes of at least 4 members (excludes halogenated alkanes) is 1. The Labute approximate surface area is 104 Å². The Kier molecular flexibility index (Phi) is 8.70. The normalized spacial score (nSPS) is 13.2. The Morgan fingerprint density at radius 3 is 2.19 bits per heavy atom. The summed E-state index contributed by atoms with van der Waals surface area (Å²) in [7, 11) is 0. The van der Waals surface area contributed by atoms with E-state index in [4.69, 9.17) is 0 Å². The van der Waals surface area contributed by atoms with E-state index in [2.05, 4.69) is 40.7 Å². The van der Waals surface area contributed by atoms with Crippen LogP contribution >= 0.6 is 0 Å². The fourth-order valence-electron chi connectivity index (χ4n) is 2.30. The number of rotatable bonds is 9. The van der Waals surface area contributed by atoms with Crippen LogP contribution in [0.3, 0.4) is 0 Å². The molecule has 0 spiro atoms. The highest BCUT2D eigenvalue weighted by molar-refractivity contribution is 5.01. The molecule has 0 fully saturated rings. The van der Waals surface area contributed by atoms with Crippen molar-refractivity contribution in [3.05, 3.63) is 11.6 Å². The molecular weight excluding hydrogens is 192 g/mol. The Morgan fingerprint density at radius 2 is 1.69 bits per heavy atom. The molecule has 0 nitrogen and oxygen atoms in total. The van der Waals surface area contributed by atoms with E-state index < -0.39 is 0 Å². The van der Waals surface area contributed by atoms with E-state index in [1.165, 1.54) is 51.4 Å². The minimum atomic E-state index is 0.537. The van der Waals surface area contributed by atoms with Crippen LogP contribution < -0.4 is 0 Å². The summed E-state index contributed by atoms with van der Waals surface area (Å²) in [6.45, 7) is 11.7. The number of hydrogen-bond donors (Lipinski definition) is 0. The molecule has 0 unspecified atom stereocenters. The Balaban J connectivity index is 3.94. The lowest BCUT2D eigenvalue weighted by Crippen LogP contribution is -2.09. The molecule has 0 aromatic carbocycles. The van der Waals surface area contributed by atoms with Crippen molar-refractivity contribution in [2.24, 2.45) is 5.41 Å². The van der Waals surface area contributed by atoms with Gasteiger partial charge in [0.15, 0.2) is 0 Å². The van der Waals surface area contributed by atoms with Gasteiger partial charge in [-0.15, -0.1) is 0 Å². The third-order valence-corrected chi connectivity index (χ3v) is 3.49. The van der Waals surface area contributed by atoms with Crippen LogP contribution in [-0.4, -0.2) is 0 Å². The largest absolute Gasteiger partial charge is 0.0853 e. The smallest absolute Gasteiger partial charge is 0.0321 e. The van der Waals surface area contributed by atoms with E-state index in [0.29, 0.717) is 5.41 Å². The van der Waals surface area contributed by atoms with Crippen molar-refractivity contribution in [2.75, 3.05) is 0 Å². The SMILES string of the molecule is CCCCC(=CCCC(C)(C)CCC)CC. The average Bonchev–Trinajstić information content (AvgIpc) is 2.22. The van der Waals surface area contributed by atoms with Crippen LogP contribution in [-0.2, 0) is 0 Å². The summed E-state index contributed by atoms with van der Waals surface area (Å²) >= 11 is 0. The monoisotopic (exact) mass is 224 g/mol. The van der Waals surface area contributed by atoms with Gasteiger partial charge in [0.05, 0.1) is 0 Å². The summed E-state index contributed by atoms with van der Waals surface area (Å²) in [5.74, 6) is 0. The highest BCUT2D eigenvalue weighted by Crippen LogP contribution is 2.28. The van der Waals surface area contributed by atoms with Crippen molar-refractivity contribution in [1.29, 1.82) is 0 Å². The second kappa shape index (κ2) is 8.84. The van der Waals surface area contributed by atoms with Gasteiger partial charge in [0.1, 0.15) is 0 Å². The molecular formula is C16H32. The number of hydrogen-bond acceptors (Lipinski definition) is 0. The molecule has 0 aliphatic rings. The topological polar surface area (TPSA) is 0 Å². The molecule has 0 heteroatoms.